The highest BCUT2D eigenvalue weighted by atomic mass is 32.1. The number of urea groups is 1. The third kappa shape index (κ3) is 3.66. The van der Waals surface area contributed by atoms with Gasteiger partial charge in [0.2, 0.25) is 0 Å². The van der Waals surface area contributed by atoms with E-state index >= 15 is 0 Å². The monoisotopic (exact) mass is 229 g/mol. The van der Waals surface area contributed by atoms with E-state index in [0.717, 1.165) is 38.8 Å². The summed E-state index contributed by atoms with van der Waals surface area (Å²) in [5, 5.41) is 2.88. The van der Waals surface area contributed by atoms with Crippen LogP contribution >= 0.6 is 12.2 Å². The van der Waals surface area contributed by atoms with E-state index in [2.05, 4.69) is 5.32 Å². The number of nitrogens with one attached hydrogen (secondary N) is 1. The Kier molecular flexibility index (Phi) is 4.81. The smallest absolute Gasteiger partial charge is 0.317 e. The quantitative estimate of drug-likeness (QED) is 0.713. The lowest BCUT2D eigenvalue weighted by Crippen LogP contribution is -2.48. The molecule has 0 saturated carbocycles. The number of carbonyl (C=O) groups is 1. The molecule has 5 heteroatoms. The number of nitrogens with zero attached hydrogens (tertiary/aromatic N) is 1. The molecule has 0 bridgehead atoms. The number of rotatable bonds is 4. The highest BCUT2D eigenvalue weighted by molar-refractivity contribution is 7.80. The van der Waals surface area contributed by atoms with Crippen LogP contribution in [0.5, 0.6) is 0 Å². The molecule has 0 aromatic heterocycles. The minimum absolute atomic E-state index is 0.0289. The zero-order chi connectivity index (χ0) is 11.3. The summed E-state index contributed by atoms with van der Waals surface area (Å²) >= 11 is 4.92. The number of amides is 2. The van der Waals surface area contributed by atoms with Gasteiger partial charge in [-0.25, -0.2) is 4.79 Å². The average Bonchev–Trinajstić information content (AvgIpc) is 2.69. The minimum Gasteiger partial charge on any atom is -0.392 e. The maximum absolute atomic E-state index is 11.7. The highest BCUT2D eigenvalue weighted by Crippen LogP contribution is 2.08. The lowest BCUT2D eigenvalue weighted by molar-refractivity contribution is 0.207. The molecule has 1 aliphatic heterocycles. The molecule has 86 valence electrons. The first kappa shape index (κ1) is 12.2. The fourth-order valence-corrected chi connectivity index (χ4v) is 1.91. The van der Waals surface area contributed by atoms with E-state index in [1.165, 1.54) is 0 Å². The summed E-state index contributed by atoms with van der Waals surface area (Å²) in [4.78, 5) is 13.9. The Labute approximate surface area is 96.2 Å². The summed E-state index contributed by atoms with van der Waals surface area (Å²) in [5.41, 5.74) is 5.57. The van der Waals surface area contributed by atoms with E-state index < -0.39 is 0 Å². The molecule has 2 amide bonds. The Morgan fingerprint density at radius 2 is 2.13 bits per heavy atom. The molecule has 1 heterocycles. The van der Waals surface area contributed by atoms with Crippen molar-refractivity contribution in [3.63, 3.8) is 0 Å². The van der Waals surface area contributed by atoms with Crippen molar-refractivity contribution in [3.05, 3.63) is 0 Å². The lowest BCUT2D eigenvalue weighted by Gasteiger charge is -2.21. The van der Waals surface area contributed by atoms with Crippen molar-refractivity contribution in [2.45, 2.75) is 38.6 Å². The van der Waals surface area contributed by atoms with Crippen LogP contribution in [-0.4, -0.2) is 35.1 Å². The average molecular weight is 229 g/mol. The molecule has 0 aromatic carbocycles. The van der Waals surface area contributed by atoms with Gasteiger partial charge < -0.3 is 16.0 Å². The Morgan fingerprint density at radius 1 is 1.53 bits per heavy atom. The first-order valence-corrected chi connectivity index (χ1v) is 5.90. The molecule has 1 atom stereocenters. The van der Waals surface area contributed by atoms with Gasteiger partial charge in [-0.15, -0.1) is 0 Å². The third-order valence-electron chi connectivity index (χ3n) is 2.61. The maximum Gasteiger partial charge on any atom is 0.317 e. The van der Waals surface area contributed by atoms with Gasteiger partial charge in [-0.1, -0.05) is 25.6 Å². The molecule has 1 fully saturated rings. The standard InChI is InChI=1S/C10H19N3OS/c1-2-5-8(9(11)15)12-10(14)13-6-3-4-7-13/h8H,2-7H2,1H3,(H2,11,15)(H,12,14). The van der Waals surface area contributed by atoms with Crippen molar-refractivity contribution in [2.24, 2.45) is 5.73 Å². The molecule has 1 unspecified atom stereocenters. The van der Waals surface area contributed by atoms with Crippen molar-refractivity contribution in [3.8, 4) is 0 Å². The third-order valence-corrected chi connectivity index (χ3v) is 2.90. The van der Waals surface area contributed by atoms with Crippen LogP contribution in [0.15, 0.2) is 0 Å². The summed E-state index contributed by atoms with van der Waals surface area (Å²) in [5.74, 6) is 0. The first-order valence-electron chi connectivity index (χ1n) is 5.50. The molecule has 1 rings (SSSR count). The molecular weight excluding hydrogens is 210 g/mol. The van der Waals surface area contributed by atoms with Gasteiger partial charge in [0.15, 0.2) is 0 Å². The number of carbonyl (C=O) groups excluding carboxylic acids is 1. The second-order valence-corrected chi connectivity index (χ2v) is 4.36. The van der Waals surface area contributed by atoms with Crippen LogP contribution in [0.4, 0.5) is 4.79 Å². The van der Waals surface area contributed by atoms with E-state index in [1.54, 1.807) is 0 Å². The van der Waals surface area contributed by atoms with Crippen LogP contribution in [0.25, 0.3) is 0 Å². The van der Waals surface area contributed by atoms with Gasteiger partial charge in [0, 0.05) is 13.1 Å². The fourth-order valence-electron chi connectivity index (χ4n) is 1.73. The van der Waals surface area contributed by atoms with Gasteiger partial charge in [0.1, 0.15) is 0 Å². The number of nitrogens with two attached hydrogens (primary N) is 1. The normalized spacial score (nSPS) is 17.5. The molecule has 0 spiro atoms. The van der Waals surface area contributed by atoms with Crippen molar-refractivity contribution in [2.75, 3.05) is 13.1 Å². The molecule has 0 radical (unpaired) electrons. The predicted molar refractivity (Wildman–Crippen MR) is 64.8 cm³/mol. The van der Waals surface area contributed by atoms with Crippen LogP contribution in [0, 0.1) is 0 Å². The van der Waals surface area contributed by atoms with Crippen LogP contribution in [-0.2, 0) is 0 Å². The van der Waals surface area contributed by atoms with Crippen molar-refractivity contribution in [1.82, 2.24) is 10.2 Å². The van der Waals surface area contributed by atoms with Gasteiger partial charge in [0.05, 0.1) is 11.0 Å². The summed E-state index contributed by atoms with van der Waals surface area (Å²) in [6, 6.07) is -0.183. The van der Waals surface area contributed by atoms with Crippen LogP contribution in [0.1, 0.15) is 32.6 Å². The first-order chi connectivity index (χ1) is 7.15. The van der Waals surface area contributed by atoms with E-state index in [1.807, 2.05) is 11.8 Å². The van der Waals surface area contributed by atoms with Gasteiger partial charge in [-0.05, 0) is 19.3 Å². The van der Waals surface area contributed by atoms with E-state index in [-0.39, 0.29) is 12.1 Å². The zero-order valence-corrected chi connectivity index (χ0v) is 9.98. The van der Waals surface area contributed by atoms with Gasteiger partial charge in [0.25, 0.3) is 0 Å². The number of hydrogen-bond acceptors (Lipinski definition) is 2. The van der Waals surface area contributed by atoms with Gasteiger partial charge >= 0.3 is 6.03 Å². The van der Waals surface area contributed by atoms with Crippen molar-refractivity contribution < 1.29 is 4.79 Å². The number of thiocarbonyl (C=S) groups is 1. The topological polar surface area (TPSA) is 58.4 Å². The molecule has 1 saturated heterocycles. The van der Waals surface area contributed by atoms with Crippen LogP contribution < -0.4 is 11.1 Å². The van der Waals surface area contributed by atoms with Crippen molar-refractivity contribution >= 4 is 23.2 Å². The summed E-state index contributed by atoms with van der Waals surface area (Å²) < 4.78 is 0. The minimum atomic E-state index is -0.155. The number of hydrogen-bond donors (Lipinski definition) is 2. The van der Waals surface area contributed by atoms with Gasteiger partial charge in [-0.3, -0.25) is 0 Å². The Balaban J connectivity index is 2.42. The fraction of sp³-hybridized carbons (Fsp3) is 0.800. The van der Waals surface area contributed by atoms with E-state index in [9.17, 15) is 4.79 Å². The Bertz CT molecular complexity index is 239. The van der Waals surface area contributed by atoms with Gasteiger partial charge in [-0.2, -0.15) is 0 Å². The molecular formula is C10H19N3OS. The second kappa shape index (κ2) is 5.90. The predicted octanol–water partition coefficient (Wildman–Crippen LogP) is 1.25. The zero-order valence-electron chi connectivity index (χ0n) is 9.16. The molecule has 3 N–H and O–H groups in total. The maximum atomic E-state index is 11.7. The largest absolute Gasteiger partial charge is 0.392 e. The summed E-state index contributed by atoms with van der Waals surface area (Å²) in [6.45, 7) is 3.75. The summed E-state index contributed by atoms with van der Waals surface area (Å²) in [7, 11) is 0. The Morgan fingerprint density at radius 3 is 2.60 bits per heavy atom. The lowest BCUT2D eigenvalue weighted by atomic mass is 10.2. The SMILES string of the molecule is CCCC(NC(=O)N1CCCC1)C(N)=S. The molecule has 0 aliphatic carbocycles. The van der Waals surface area contributed by atoms with Crippen LogP contribution in [0.2, 0.25) is 0 Å². The molecule has 15 heavy (non-hydrogen) atoms. The van der Waals surface area contributed by atoms with E-state index in [0.29, 0.717) is 4.99 Å². The Hall–Kier alpha value is -0.840. The van der Waals surface area contributed by atoms with Crippen molar-refractivity contribution in [1.29, 1.82) is 0 Å². The molecule has 1 aliphatic rings. The van der Waals surface area contributed by atoms with E-state index in [4.69, 9.17) is 18.0 Å². The highest BCUT2D eigenvalue weighted by Gasteiger charge is 2.21. The molecule has 0 aromatic rings. The van der Waals surface area contributed by atoms with Crippen LogP contribution in [0.3, 0.4) is 0 Å². The summed E-state index contributed by atoms with van der Waals surface area (Å²) in [6.07, 6.45) is 3.97. The number of likely N-dealkylation sites (tertiary alicyclic amines) is 1. The molecule has 4 nitrogen and oxygen atoms in total. The second-order valence-electron chi connectivity index (χ2n) is 3.89.